The monoisotopic (exact) mass is 225 g/mol. The fraction of sp³-hybridized carbons (Fsp3) is 0.556. The third-order valence-electron chi connectivity index (χ3n) is 2.43. The van der Waals surface area contributed by atoms with Crippen LogP contribution in [0.2, 0.25) is 0 Å². The highest BCUT2D eigenvalue weighted by Crippen LogP contribution is 2.03. The van der Waals surface area contributed by atoms with Gasteiger partial charge in [-0.2, -0.15) is 9.67 Å². The van der Waals surface area contributed by atoms with Gasteiger partial charge >= 0.3 is 6.03 Å². The molecule has 7 heteroatoms. The number of hydrogen-bond donors (Lipinski definition) is 1. The Bertz CT molecular complexity index is 376. The summed E-state index contributed by atoms with van der Waals surface area (Å²) in [6, 6.07) is -0.153. The molecule has 0 saturated carbocycles. The van der Waals surface area contributed by atoms with Crippen molar-refractivity contribution >= 4 is 18.4 Å². The van der Waals surface area contributed by atoms with Gasteiger partial charge in [-0.05, 0) is 13.3 Å². The molecule has 16 heavy (non-hydrogen) atoms. The second-order valence-electron chi connectivity index (χ2n) is 3.43. The van der Waals surface area contributed by atoms with Gasteiger partial charge in [-0.3, -0.25) is 10.1 Å². The standard InChI is InChI=1S/C9H15N5O2/c1-4-7(2)13(3)9(16)14-5-10-8(12-14)11-6-15/h5-7H,4H2,1-3H3,(H,11,12,15). The molecule has 1 atom stereocenters. The Morgan fingerprint density at radius 2 is 2.44 bits per heavy atom. The summed E-state index contributed by atoms with van der Waals surface area (Å²) in [5.41, 5.74) is 0. The largest absolute Gasteiger partial charge is 0.346 e. The zero-order chi connectivity index (χ0) is 12.1. The summed E-state index contributed by atoms with van der Waals surface area (Å²) in [5.74, 6) is 0.112. The highest BCUT2D eigenvalue weighted by molar-refractivity contribution is 5.76. The molecule has 1 aromatic heterocycles. The van der Waals surface area contributed by atoms with Crippen LogP contribution in [0.5, 0.6) is 0 Å². The van der Waals surface area contributed by atoms with Crippen LogP contribution in [0.15, 0.2) is 6.33 Å². The van der Waals surface area contributed by atoms with E-state index in [-0.39, 0.29) is 18.0 Å². The molecule has 0 bridgehead atoms. The van der Waals surface area contributed by atoms with E-state index < -0.39 is 0 Å². The van der Waals surface area contributed by atoms with Crippen molar-refractivity contribution in [3.8, 4) is 0 Å². The Morgan fingerprint density at radius 1 is 1.75 bits per heavy atom. The minimum atomic E-state index is -0.277. The van der Waals surface area contributed by atoms with Crippen LogP contribution in [0.1, 0.15) is 20.3 Å². The molecule has 2 amide bonds. The number of aromatic nitrogens is 3. The van der Waals surface area contributed by atoms with Gasteiger partial charge in [0.25, 0.3) is 0 Å². The van der Waals surface area contributed by atoms with Crippen LogP contribution in [0.25, 0.3) is 0 Å². The van der Waals surface area contributed by atoms with Crippen LogP contribution in [0.4, 0.5) is 10.7 Å². The molecule has 0 fully saturated rings. The van der Waals surface area contributed by atoms with Gasteiger partial charge in [0.15, 0.2) is 0 Å². The fourth-order valence-electron chi connectivity index (χ4n) is 1.10. The van der Waals surface area contributed by atoms with E-state index in [4.69, 9.17) is 0 Å². The van der Waals surface area contributed by atoms with Crippen LogP contribution in [0.3, 0.4) is 0 Å². The molecule has 0 spiro atoms. The maximum Gasteiger partial charge on any atom is 0.346 e. The molecule has 0 aliphatic rings. The average molecular weight is 225 g/mol. The molecular formula is C9H15N5O2. The molecule has 1 aromatic rings. The number of nitrogens with one attached hydrogen (secondary N) is 1. The molecular weight excluding hydrogens is 210 g/mol. The number of nitrogens with zero attached hydrogens (tertiary/aromatic N) is 4. The van der Waals surface area contributed by atoms with Crippen molar-refractivity contribution in [3.05, 3.63) is 6.33 Å². The van der Waals surface area contributed by atoms with Gasteiger partial charge in [-0.15, -0.1) is 5.10 Å². The maximum absolute atomic E-state index is 11.8. The van der Waals surface area contributed by atoms with Crippen molar-refractivity contribution in [2.24, 2.45) is 0 Å². The van der Waals surface area contributed by atoms with Gasteiger partial charge in [0, 0.05) is 13.1 Å². The van der Waals surface area contributed by atoms with E-state index in [2.05, 4.69) is 15.4 Å². The molecule has 0 aliphatic carbocycles. The molecule has 7 nitrogen and oxygen atoms in total. The molecule has 1 rings (SSSR count). The second kappa shape index (κ2) is 5.24. The smallest absolute Gasteiger partial charge is 0.323 e. The fourth-order valence-corrected chi connectivity index (χ4v) is 1.10. The molecule has 88 valence electrons. The summed E-state index contributed by atoms with van der Waals surface area (Å²) in [6.07, 6.45) is 2.59. The van der Waals surface area contributed by atoms with Crippen molar-refractivity contribution in [2.45, 2.75) is 26.3 Å². The Balaban J connectivity index is 2.75. The first kappa shape index (κ1) is 12.2. The molecule has 0 radical (unpaired) electrons. The van der Waals surface area contributed by atoms with Gasteiger partial charge < -0.3 is 4.90 Å². The maximum atomic E-state index is 11.8. The number of anilines is 1. The summed E-state index contributed by atoms with van der Waals surface area (Å²) in [4.78, 5) is 27.3. The SMILES string of the molecule is CCC(C)N(C)C(=O)n1cnc(NC=O)n1. The first-order chi connectivity index (χ1) is 7.60. The topological polar surface area (TPSA) is 80.1 Å². The number of carbonyl (C=O) groups is 2. The summed E-state index contributed by atoms with van der Waals surface area (Å²) in [6.45, 7) is 3.94. The lowest BCUT2D eigenvalue weighted by Crippen LogP contribution is -2.37. The third kappa shape index (κ3) is 2.56. The Hall–Kier alpha value is -1.92. The minimum Gasteiger partial charge on any atom is -0.323 e. The third-order valence-corrected chi connectivity index (χ3v) is 2.43. The highest BCUT2D eigenvalue weighted by atomic mass is 16.2. The lowest BCUT2D eigenvalue weighted by molar-refractivity contribution is -0.105. The zero-order valence-electron chi connectivity index (χ0n) is 9.54. The van der Waals surface area contributed by atoms with Gasteiger partial charge in [0.2, 0.25) is 12.4 Å². The Labute approximate surface area is 93.4 Å². The number of hydrogen-bond acceptors (Lipinski definition) is 4. The van der Waals surface area contributed by atoms with Gasteiger partial charge in [-0.1, -0.05) is 6.92 Å². The van der Waals surface area contributed by atoms with Gasteiger partial charge in [0.05, 0.1) is 0 Å². The Morgan fingerprint density at radius 3 is 3.00 bits per heavy atom. The predicted molar refractivity (Wildman–Crippen MR) is 58.0 cm³/mol. The average Bonchev–Trinajstić information content (AvgIpc) is 2.75. The van der Waals surface area contributed by atoms with Gasteiger partial charge in [0.1, 0.15) is 6.33 Å². The van der Waals surface area contributed by atoms with Crippen molar-refractivity contribution < 1.29 is 9.59 Å². The van der Waals surface area contributed by atoms with Crippen LogP contribution < -0.4 is 5.32 Å². The van der Waals surface area contributed by atoms with E-state index in [0.717, 1.165) is 11.1 Å². The van der Waals surface area contributed by atoms with Crippen molar-refractivity contribution in [2.75, 3.05) is 12.4 Å². The summed E-state index contributed by atoms with van der Waals surface area (Å²) in [7, 11) is 1.70. The normalized spacial score (nSPS) is 11.9. The molecule has 1 heterocycles. The van der Waals surface area contributed by atoms with Crippen LogP contribution in [0, 0.1) is 0 Å². The molecule has 0 aromatic carbocycles. The van der Waals surface area contributed by atoms with E-state index >= 15 is 0 Å². The van der Waals surface area contributed by atoms with Crippen molar-refractivity contribution in [3.63, 3.8) is 0 Å². The van der Waals surface area contributed by atoms with Crippen LogP contribution in [-0.4, -0.2) is 45.2 Å². The summed E-state index contributed by atoms with van der Waals surface area (Å²) >= 11 is 0. The second-order valence-corrected chi connectivity index (χ2v) is 3.43. The lowest BCUT2D eigenvalue weighted by atomic mass is 10.2. The van der Waals surface area contributed by atoms with E-state index in [9.17, 15) is 9.59 Å². The van der Waals surface area contributed by atoms with Crippen LogP contribution in [-0.2, 0) is 4.79 Å². The summed E-state index contributed by atoms with van der Waals surface area (Å²) < 4.78 is 1.10. The Kier molecular flexibility index (Phi) is 3.98. The van der Waals surface area contributed by atoms with Gasteiger partial charge in [-0.25, -0.2) is 4.79 Å². The minimum absolute atomic E-state index is 0.112. The molecule has 1 N–H and O–H groups in total. The van der Waals surface area contributed by atoms with Crippen molar-refractivity contribution in [1.82, 2.24) is 19.7 Å². The quantitative estimate of drug-likeness (QED) is 0.758. The first-order valence-corrected chi connectivity index (χ1v) is 4.99. The van der Waals surface area contributed by atoms with Crippen LogP contribution >= 0.6 is 0 Å². The predicted octanol–water partition coefficient (Wildman–Crippen LogP) is 0.545. The number of rotatable bonds is 4. The molecule has 1 unspecified atom stereocenters. The zero-order valence-corrected chi connectivity index (χ0v) is 9.54. The number of amides is 2. The highest BCUT2D eigenvalue weighted by Gasteiger charge is 2.17. The molecule has 0 saturated heterocycles. The van der Waals surface area contributed by atoms with E-state index in [1.54, 1.807) is 11.9 Å². The number of carbonyl (C=O) groups excluding carboxylic acids is 2. The van der Waals surface area contributed by atoms with E-state index in [1.165, 1.54) is 6.33 Å². The van der Waals surface area contributed by atoms with Crippen molar-refractivity contribution in [1.29, 1.82) is 0 Å². The molecule has 0 aliphatic heterocycles. The van der Waals surface area contributed by atoms with E-state index in [0.29, 0.717) is 6.41 Å². The lowest BCUT2D eigenvalue weighted by Gasteiger charge is -2.22. The van der Waals surface area contributed by atoms with E-state index in [1.807, 2.05) is 13.8 Å². The first-order valence-electron chi connectivity index (χ1n) is 4.99. The summed E-state index contributed by atoms with van der Waals surface area (Å²) in [5, 5.41) is 6.08.